The van der Waals surface area contributed by atoms with Crippen molar-refractivity contribution in [1.29, 1.82) is 0 Å². The second-order valence-electron chi connectivity index (χ2n) is 8.25. The van der Waals surface area contributed by atoms with E-state index in [2.05, 4.69) is 39.9 Å². The number of carbonyl (C=O) groups excluding carboxylic acids is 2. The third-order valence-corrected chi connectivity index (χ3v) is 7.48. The first-order valence-corrected chi connectivity index (χ1v) is 11.0. The first-order valence-electron chi connectivity index (χ1n) is 10.1. The van der Waals surface area contributed by atoms with Gasteiger partial charge >= 0.3 is 6.03 Å². The molecule has 1 aliphatic carbocycles. The molecular formula is C22H25N3O2S. The molecule has 0 unspecified atom stereocenters. The van der Waals surface area contributed by atoms with Crippen LogP contribution in [0.1, 0.15) is 53.8 Å². The van der Waals surface area contributed by atoms with Crippen LogP contribution in [0.5, 0.6) is 0 Å². The molecule has 2 atom stereocenters. The quantitative estimate of drug-likeness (QED) is 0.801. The standard InChI is InChI=1S/C22H25N3O2S/c1-22(17-10-9-15-5-2-6-16(15)13-17)20(26)25(21(27)23-22)14-24-11-3-7-18(24)19-8-4-12-28-19/h4,8-10,12-13,18H,2-3,5-7,11,14H2,1H3,(H,23,27)/t18-,22-/m1/s1. The Labute approximate surface area is 169 Å². The number of rotatable bonds is 4. The number of urea groups is 1. The molecule has 28 heavy (non-hydrogen) atoms. The minimum absolute atomic E-state index is 0.146. The largest absolute Gasteiger partial charge is 0.326 e. The molecular weight excluding hydrogens is 370 g/mol. The van der Waals surface area contributed by atoms with Crippen LogP contribution in [0.25, 0.3) is 0 Å². The van der Waals surface area contributed by atoms with Crippen molar-refractivity contribution in [1.82, 2.24) is 15.1 Å². The van der Waals surface area contributed by atoms with Crippen LogP contribution in [0.2, 0.25) is 0 Å². The lowest BCUT2D eigenvalue weighted by atomic mass is 9.90. The molecule has 3 aliphatic rings. The number of likely N-dealkylation sites (tertiary alicyclic amines) is 1. The lowest BCUT2D eigenvalue weighted by molar-refractivity contribution is -0.132. The predicted molar refractivity (Wildman–Crippen MR) is 109 cm³/mol. The Morgan fingerprint density at radius 1 is 1.18 bits per heavy atom. The number of amides is 3. The summed E-state index contributed by atoms with van der Waals surface area (Å²) in [6.45, 7) is 3.10. The summed E-state index contributed by atoms with van der Waals surface area (Å²) in [5, 5.41) is 5.06. The molecule has 5 nitrogen and oxygen atoms in total. The molecule has 0 saturated carbocycles. The van der Waals surface area contributed by atoms with Gasteiger partial charge in [0, 0.05) is 17.5 Å². The lowest BCUT2D eigenvalue weighted by Gasteiger charge is -2.28. The molecule has 1 aromatic heterocycles. The van der Waals surface area contributed by atoms with Gasteiger partial charge in [-0.05, 0) is 67.2 Å². The number of hydrogen-bond donors (Lipinski definition) is 1. The molecule has 0 bridgehead atoms. The summed E-state index contributed by atoms with van der Waals surface area (Å²) < 4.78 is 0. The van der Waals surface area contributed by atoms with E-state index in [0.29, 0.717) is 12.7 Å². The Morgan fingerprint density at radius 2 is 2.04 bits per heavy atom. The van der Waals surface area contributed by atoms with Crippen LogP contribution in [0, 0.1) is 0 Å². The number of aryl methyl sites for hydroxylation is 2. The van der Waals surface area contributed by atoms with Gasteiger partial charge in [-0.15, -0.1) is 11.3 Å². The molecule has 1 aromatic carbocycles. The molecule has 2 aliphatic heterocycles. The van der Waals surface area contributed by atoms with Crippen LogP contribution in [0.3, 0.4) is 0 Å². The molecule has 1 N–H and O–H groups in total. The molecule has 146 valence electrons. The molecule has 3 heterocycles. The number of thiophene rings is 1. The van der Waals surface area contributed by atoms with Crippen molar-refractivity contribution in [2.75, 3.05) is 13.2 Å². The SMILES string of the molecule is C[C@]1(c2ccc3c(c2)CCC3)NC(=O)N(CN2CCC[C@@H]2c2cccs2)C1=O. The third-order valence-electron chi connectivity index (χ3n) is 6.51. The second kappa shape index (κ2) is 6.71. The van der Waals surface area contributed by atoms with Gasteiger partial charge in [0.15, 0.2) is 0 Å². The maximum absolute atomic E-state index is 13.3. The monoisotopic (exact) mass is 395 g/mol. The molecule has 2 saturated heterocycles. The van der Waals surface area contributed by atoms with Gasteiger partial charge < -0.3 is 5.32 Å². The number of imide groups is 1. The summed E-state index contributed by atoms with van der Waals surface area (Å²) in [7, 11) is 0. The highest BCUT2D eigenvalue weighted by atomic mass is 32.1. The molecule has 2 aromatic rings. The number of nitrogens with zero attached hydrogens (tertiary/aromatic N) is 2. The van der Waals surface area contributed by atoms with Crippen molar-refractivity contribution >= 4 is 23.3 Å². The van der Waals surface area contributed by atoms with Crippen LogP contribution in [-0.2, 0) is 23.2 Å². The van der Waals surface area contributed by atoms with Gasteiger partial charge in [-0.1, -0.05) is 24.3 Å². The lowest BCUT2D eigenvalue weighted by Crippen LogP contribution is -2.43. The summed E-state index contributed by atoms with van der Waals surface area (Å²) in [6.07, 6.45) is 5.50. The number of benzene rings is 1. The van der Waals surface area contributed by atoms with E-state index in [-0.39, 0.29) is 11.9 Å². The number of nitrogens with one attached hydrogen (secondary N) is 1. The summed E-state index contributed by atoms with van der Waals surface area (Å²) in [5.74, 6) is -0.146. The summed E-state index contributed by atoms with van der Waals surface area (Å²) in [6, 6.07) is 10.5. The zero-order chi connectivity index (χ0) is 19.3. The van der Waals surface area contributed by atoms with Crippen molar-refractivity contribution in [2.45, 2.75) is 50.6 Å². The van der Waals surface area contributed by atoms with Gasteiger partial charge in [-0.3, -0.25) is 9.69 Å². The Hall–Kier alpha value is -2.18. The Morgan fingerprint density at radius 3 is 2.86 bits per heavy atom. The van der Waals surface area contributed by atoms with Crippen molar-refractivity contribution in [3.8, 4) is 0 Å². The molecule has 2 fully saturated rings. The van der Waals surface area contributed by atoms with Gasteiger partial charge in [-0.25, -0.2) is 9.69 Å². The fourth-order valence-electron chi connectivity index (χ4n) is 4.88. The first kappa shape index (κ1) is 17.9. The topological polar surface area (TPSA) is 52.7 Å². The van der Waals surface area contributed by atoms with E-state index in [0.717, 1.165) is 37.8 Å². The zero-order valence-corrected chi connectivity index (χ0v) is 16.9. The molecule has 3 amide bonds. The normalized spacial score (nSPS) is 27.5. The highest BCUT2D eigenvalue weighted by Crippen LogP contribution is 2.37. The van der Waals surface area contributed by atoms with Crippen LogP contribution in [0.4, 0.5) is 4.79 Å². The number of hydrogen-bond acceptors (Lipinski definition) is 4. The van der Waals surface area contributed by atoms with E-state index < -0.39 is 5.54 Å². The molecule has 0 radical (unpaired) electrons. The highest BCUT2D eigenvalue weighted by molar-refractivity contribution is 7.10. The maximum Gasteiger partial charge on any atom is 0.326 e. The number of carbonyl (C=O) groups is 2. The van der Waals surface area contributed by atoms with Gasteiger partial charge in [0.1, 0.15) is 5.54 Å². The van der Waals surface area contributed by atoms with Crippen molar-refractivity contribution in [3.63, 3.8) is 0 Å². The fourth-order valence-corrected chi connectivity index (χ4v) is 5.78. The maximum atomic E-state index is 13.3. The van der Waals surface area contributed by atoms with Crippen LogP contribution < -0.4 is 5.32 Å². The average molecular weight is 396 g/mol. The van der Waals surface area contributed by atoms with E-state index in [1.807, 2.05) is 13.0 Å². The van der Waals surface area contributed by atoms with Gasteiger partial charge in [-0.2, -0.15) is 0 Å². The van der Waals surface area contributed by atoms with Gasteiger partial charge in [0.05, 0.1) is 6.67 Å². The Balaban J connectivity index is 1.38. The first-order chi connectivity index (χ1) is 13.6. The van der Waals surface area contributed by atoms with Crippen molar-refractivity contribution < 1.29 is 9.59 Å². The molecule has 0 spiro atoms. The van der Waals surface area contributed by atoms with Crippen molar-refractivity contribution in [2.24, 2.45) is 0 Å². The summed E-state index contributed by atoms with van der Waals surface area (Å²) in [4.78, 5) is 31.1. The smallest absolute Gasteiger partial charge is 0.319 e. The van der Waals surface area contributed by atoms with E-state index in [1.165, 1.54) is 27.3 Å². The van der Waals surface area contributed by atoms with E-state index in [4.69, 9.17) is 0 Å². The predicted octanol–water partition coefficient (Wildman–Crippen LogP) is 3.80. The van der Waals surface area contributed by atoms with Gasteiger partial charge in [0.25, 0.3) is 5.91 Å². The van der Waals surface area contributed by atoms with Crippen molar-refractivity contribution in [3.05, 3.63) is 57.3 Å². The van der Waals surface area contributed by atoms with Crippen LogP contribution >= 0.6 is 11.3 Å². The summed E-state index contributed by atoms with van der Waals surface area (Å²) >= 11 is 1.75. The minimum atomic E-state index is -0.979. The fraction of sp³-hybridized carbons (Fsp3) is 0.455. The average Bonchev–Trinajstić information content (AvgIpc) is 3.47. The van der Waals surface area contributed by atoms with E-state index in [9.17, 15) is 9.59 Å². The van der Waals surface area contributed by atoms with Gasteiger partial charge in [0.2, 0.25) is 0 Å². The zero-order valence-electron chi connectivity index (χ0n) is 16.1. The second-order valence-corrected chi connectivity index (χ2v) is 9.23. The van der Waals surface area contributed by atoms with Crippen LogP contribution in [-0.4, -0.2) is 35.0 Å². The minimum Gasteiger partial charge on any atom is -0.319 e. The third kappa shape index (κ3) is 2.78. The van der Waals surface area contributed by atoms with Crippen LogP contribution in [0.15, 0.2) is 35.7 Å². The number of fused-ring (bicyclic) bond motifs is 1. The Kier molecular flexibility index (Phi) is 4.29. The molecule has 6 heteroatoms. The van der Waals surface area contributed by atoms with E-state index in [1.54, 1.807) is 11.3 Å². The Bertz CT molecular complexity index is 926. The molecule has 5 rings (SSSR count). The van der Waals surface area contributed by atoms with E-state index >= 15 is 0 Å². The highest BCUT2D eigenvalue weighted by Gasteiger charge is 2.50. The summed E-state index contributed by atoms with van der Waals surface area (Å²) in [5.41, 5.74) is 2.60.